The molecule has 1 unspecified atom stereocenters. The molecule has 1 rings (SSSR count). The predicted octanol–water partition coefficient (Wildman–Crippen LogP) is 8.34. The summed E-state index contributed by atoms with van der Waals surface area (Å²) in [4.78, 5) is 5.22. The van der Waals surface area contributed by atoms with E-state index in [1.165, 1.54) is 116 Å². The van der Waals surface area contributed by atoms with Crippen molar-refractivity contribution in [2.45, 2.75) is 137 Å². The van der Waals surface area contributed by atoms with Crippen LogP contribution in [0.1, 0.15) is 130 Å². The van der Waals surface area contributed by atoms with Crippen molar-refractivity contribution in [3.05, 3.63) is 12.4 Å². The van der Waals surface area contributed by atoms with Crippen molar-refractivity contribution in [3.63, 3.8) is 0 Å². The van der Waals surface area contributed by atoms with E-state index in [-0.39, 0.29) is 0 Å². The second kappa shape index (κ2) is 17.2. The largest absolute Gasteiger partial charge is 0.356 e. The number of nitrogens with zero attached hydrogens (tertiary/aromatic N) is 2. The van der Waals surface area contributed by atoms with Crippen molar-refractivity contribution in [1.82, 2.24) is 9.80 Å². The Morgan fingerprint density at radius 2 is 0.857 bits per heavy atom. The Hall–Kier alpha value is -0.660. The molecule has 0 amide bonds. The summed E-state index contributed by atoms with van der Waals surface area (Å²) in [6.07, 6.45) is 27.9. The first kappa shape index (κ1) is 25.4. The van der Waals surface area contributed by atoms with Crippen LogP contribution < -0.4 is 0 Å². The molecule has 0 radical (unpaired) electrons. The van der Waals surface area contributed by atoms with Crippen LogP contribution in [0.2, 0.25) is 0 Å². The minimum Gasteiger partial charge on any atom is -0.356 e. The highest BCUT2D eigenvalue weighted by Gasteiger charge is 2.28. The van der Waals surface area contributed by atoms with Crippen LogP contribution >= 0.6 is 0 Å². The molecule has 1 aliphatic heterocycles. The van der Waals surface area contributed by atoms with Gasteiger partial charge in [-0.25, -0.2) is 0 Å². The van der Waals surface area contributed by atoms with Crippen molar-refractivity contribution < 1.29 is 0 Å². The molecule has 166 valence electrons. The lowest BCUT2D eigenvalue weighted by Crippen LogP contribution is -2.43. The van der Waals surface area contributed by atoms with Gasteiger partial charge in [0.1, 0.15) is 6.17 Å². The zero-order valence-electron chi connectivity index (χ0n) is 19.9. The normalized spacial score (nSPS) is 16.7. The van der Waals surface area contributed by atoms with Crippen LogP contribution in [0.15, 0.2) is 12.4 Å². The molecule has 28 heavy (non-hydrogen) atoms. The zero-order chi connectivity index (χ0) is 20.5. The Morgan fingerprint density at radius 1 is 0.536 bits per heavy atom. The fourth-order valence-electron chi connectivity index (χ4n) is 4.57. The summed E-state index contributed by atoms with van der Waals surface area (Å²) < 4.78 is 0. The highest BCUT2D eigenvalue weighted by atomic mass is 15.4. The van der Waals surface area contributed by atoms with Crippen LogP contribution in [0.4, 0.5) is 0 Å². The third-order valence-corrected chi connectivity index (χ3v) is 6.27. The first-order chi connectivity index (χ1) is 13.7. The van der Waals surface area contributed by atoms with E-state index in [9.17, 15) is 0 Å². The Bertz CT molecular complexity index is 363. The molecule has 1 heterocycles. The van der Waals surface area contributed by atoms with Gasteiger partial charge in [-0.05, 0) is 18.8 Å². The van der Waals surface area contributed by atoms with Gasteiger partial charge in [0.2, 0.25) is 0 Å². The number of unbranched alkanes of at least 4 members (excludes halogenated alkanes) is 14. The Kier molecular flexibility index (Phi) is 15.6. The predicted molar refractivity (Wildman–Crippen MR) is 126 cm³/mol. The lowest BCUT2D eigenvalue weighted by Gasteiger charge is -2.36. The minimum atomic E-state index is 0.592. The Morgan fingerprint density at radius 3 is 1.18 bits per heavy atom. The Balaban J connectivity index is 2.08. The van der Waals surface area contributed by atoms with Crippen molar-refractivity contribution in [2.75, 3.05) is 13.1 Å². The summed E-state index contributed by atoms with van der Waals surface area (Å²) >= 11 is 0. The molecule has 1 atom stereocenters. The summed E-state index contributed by atoms with van der Waals surface area (Å²) in [7, 11) is 0. The summed E-state index contributed by atoms with van der Waals surface area (Å²) in [5, 5.41) is 0. The second-order valence-electron chi connectivity index (χ2n) is 9.38. The van der Waals surface area contributed by atoms with Crippen LogP contribution in [0.3, 0.4) is 0 Å². The van der Waals surface area contributed by atoms with Crippen LogP contribution in [-0.2, 0) is 0 Å². The number of hydrogen-bond acceptors (Lipinski definition) is 2. The van der Waals surface area contributed by atoms with Gasteiger partial charge in [-0.15, -0.1) is 0 Å². The quantitative estimate of drug-likeness (QED) is 0.204. The maximum Gasteiger partial charge on any atom is 0.103 e. The molecular weight excluding hydrogens is 340 g/mol. The standard InChI is InChI=1S/C26H52N2/c1-5-7-9-11-12-13-14-15-16-18-20-22-28-24-23-27(26(28)25(3)4)21-19-17-10-8-6-2/h23-26H,5-22H2,1-4H3. The third-order valence-electron chi connectivity index (χ3n) is 6.27. The number of hydrogen-bond donors (Lipinski definition) is 0. The summed E-state index contributed by atoms with van der Waals surface area (Å²) in [6.45, 7) is 11.8. The van der Waals surface area contributed by atoms with Gasteiger partial charge in [-0.1, -0.05) is 118 Å². The van der Waals surface area contributed by atoms with Gasteiger partial charge in [0.15, 0.2) is 0 Å². The summed E-state index contributed by atoms with van der Waals surface area (Å²) in [5.74, 6) is 0.693. The molecule has 0 N–H and O–H groups in total. The van der Waals surface area contributed by atoms with Crippen LogP contribution in [0.25, 0.3) is 0 Å². The first-order valence-electron chi connectivity index (χ1n) is 12.9. The average Bonchev–Trinajstić information content (AvgIpc) is 3.09. The van der Waals surface area contributed by atoms with E-state index in [2.05, 4.69) is 49.9 Å². The maximum atomic E-state index is 2.62. The smallest absolute Gasteiger partial charge is 0.103 e. The summed E-state index contributed by atoms with van der Waals surface area (Å²) in [5.41, 5.74) is 0. The topological polar surface area (TPSA) is 6.48 Å². The van der Waals surface area contributed by atoms with Crippen LogP contribution in [-0.4, -0.2) is 29.1 Å². The maximum absolute atomic E-state index is 2.62. The molecule has 1 aliphatic rings. The lowest BCUT2D eigenvalue weighted by molar-refractivity contribution is 0.104. The van der Waals surface area contributed by atoms with E-state index in [1.54, 1.807) is 0 Å². The monoisotopic (exact) mass is 392 g/mol. The minimum absolute atomic E-state index is 0.592. The molecule has 2 nitrogen and oxygen atoms in total. The van der Waals surface area contributed by atoms with Gasteiger partial charge >= 0.3 is 0 Å². The van der Waals surface area contributed by atoms with Crippen LogP contribution in [0, 0.1) is 5.92 Å². The fraction of sp³-hybridized carbons (Fsp3) is 0.923. The van der Waals surface area contributed by atoms with Gasteiger partial charge in [0, 0.05) is 25.5 Å². The zero-order valence-corrected chi connectivity index (χ0v) is 19.9. The highest BCUT2D eigenvalue weighted by molar-refractivity contribution is 4.98. The number of rotatable bonds is 19. The van der Waals surface area contributed by atoms with Crippen molar-refractivity contribution in [1.29, 1.82) is 0 Å². The molecule has 0 aliphatic carbocycles. The molecule has 0 saturated heterocycles. The van der Waals surface area contributed by atoms with E-state index < -0.39 is 0 Å². The SMILES string of the molecule is CCCCCCCCCCCCCN1C=CN(CCCCCCC)C1C(C)C. The molecular formula is C26H52N2. The van der Waals surface area contributed by atoms with Crippen molar-refractivity contribution in [2.24, 2.45) is 5.92 Å². The molecule has 0 saturated carbocycles. The van der Waals surface area contributed by atoms with E-state index in [0.717, 1.165) is 0 Å². The molecule has 0 fully saturated rings. The molecule has 2 heteroatoms. The molecule has 0 aromatic rings. The summed E-state index contributed by atoms with van der Waals surface area (Å²) in [6, 6.07) is 0. The second-order valence-corrected chi connectivity index (χ2v) is 9.38. The molecule has 0 aromatic heterocycles. The van der Waals surface area contributed by atoms with Gasteiger partial charge < -0.3 is 9.80 Å². The van der Waals surface area contributed by atoms with Gasteiger partial charge in [0.05, 0.1) is 0 Å². The van der Waals surface area contributed by atoms with E-state index >= 15 is 0 Å². The lowest BCUT2D eigenvalue weighted by atomic mass is 10.1. The van der Waals surface area contributed by atoms with E-state index in [1.807, 2.05) is 0 Å². The van der Waals surface area contributed by atoms with Crippen molar-refractivity contribution >= 4 is 0 Å². The van der Waals surface area contributed by atoms with Gasteiger partial charge in [-0.3, -0.25) is 0 Å². The van der Waals surface area contributed by atoms with E-state index in [4.69, 9.17) is 0 Å². The first-order valence-corrected chi connectivity index (χ1v) is 12.9. The van der Waals surface area contributed by atoms with E-state index in [0.29, 0.717) is 12.1 Å². The fourth-order valence-corrected chi connectivity index (χ4v) is 4.57. The van der Waals surface area contributed by atoms with Gasteiger partial charge in [0.25, 0.3) is 0 Å². The Labute approximate surface area is 178 Å². The molecule has 0 bridgehead atoms. The van der Waals surface area contributed by atoms with Gasteiger partial charge in [-0.2, -0.15) is 0 Å². The molecule has 0 aromatic carbocycles. The van der Waals surface area contributed by atoms with Crippen molar-refractivity contribution in [3.8, 4) is 0 Å². The van der Waals surface area contributed by atoms with Crippen LogP contribution in [0.5, 0.6) is 0 Å². The average molecular weight is 393 g/mol. The highest BCUT2D eigenvalue weighted by Crippen LogP contribution is 2.24. The molecule has 0 spiro atoms. The third kappa shape index (κ3) is 11.4.